The van der Waals surface area contributed by atoms with E-state index in [1.54, 1.807) is 11.1 Å². The van der Waals surface area contributed by atoms with Crippen LogP contribution in [-0.4, -0.2) is 0 Å². The van der Waals surface area contributed by atoms with E-state index in [9.17, 15) is 0 Å². The summed E-state index contributed by atoms with van der Waals surface area (Å²) in [5.74, 6) is 5.20. The molecule has 266 valence electrons. The average Bonchev–Trinajstić information content (AvgIpc) is 3.74. The van der Waals surface area contributed by atoms with Crippen molar-refractivity contribution in [2.45, 2.75) is 37.5 Å². The molecule has 0 atom stereocenters. The van der Waals surface area contributed by atoms with Crippen molar-refractivity contribution in [3.8, 4) is 56.0 Å². The maximum absolute atomic E-state index is 6.77. The Morgan fingerprint density at radius 3 is 1.93 bits per heavy atom. The van der Waals surface area contributed by atoms with E-state index in [0.29, 0.717) is 0 Å². The Labute approximate surface area is 325 Å². The van der Waals surface area contributed by atoms with E-state index in [-0.39, 0.29) is 5.41 Å². The van der Waals surface area contributed by atoms with Crippen LogP contribution in [0.1, 0.15) is 43.2 Å². The number of hydrogen-bond acceptors (Lipinski definition) is 2. The second-order valence-electron chi connectivity index (χ2n) is 17.6. The van der Waals surface area contributed by atoms with Crippen molar-refractivity contribution in [2.75, 3.05) is 0 Å². The van der Waals surface area contributed by atoms with Gasteiger partial charge in [-0.25, -0.2) is 0 Å². The zero-order chi connectivity index (χ0) is 36.3. The van der Waals surface area contributed by atoms with E-state index in [2.05, 4.69) is 146 Å². The summed E-state index contributed by atoms with van der Waals surface area (Å²) < 4.78 is 13.3. The van der Waals surface area contributed by atoms with Gasteiger partial charge in [0.15, 0.2) is 0 Å². The van der Waals surface area contributed by atoms with E-state index >= 15 is 0 Å². The number of ether oxygens (including phenoxy) is 1. The van der Waals surface area contributed by atoms with Crippen LogP contribution in [0.3, 0.4) is 0 Å². The van der Waals surface area contributed by atoms with Gasteiger partial charge in [0.05, 0.1) is 0 Å². The van der Waals surface area contributed by atoms with E-state index in [1.807, 2.05) is 0 Å². The lowest BCUT2D eigenvalue weighted by molar-refractivity contribution is -0.0399. The van der Waals surface area contributed by atoms with E-state index in [4.69, 9.17) is 9.15 Å². The van der Waals surface area contributed by atoms with E-state index in [1.165, 1.54) is 92.6 Å². The van der Waals surface area contributed by atoms with Crippen LogP contribution >= 0.6 is 0 Å². The standard InChI is InChI=1S/C54H38O2/c1-2-8-33-29-51-45(27-32(33)7-1)53-42(12-6-14-49(53)56-51)38-18-20-50-52-41(38)10-5-11-43(52)44-26-34(16-19-48(44)55-50)35-15-17-40-39-9-3-4-13-46(39)54(47(40)28-35)36-22-30-21-31(24-36)25-37(54)23-30/h1-20,26-31,36-37H,21-25H2. The van der Waals surface area contributed by atoms with Gasteiger partial charge in [-0.2, -0.15) is 0 Å². The Balaban J connectivity index is 0.926. The molecule has 2 nitrogen and oxygen atoms in total. The summed E-state index contributed by atoms with van der Waals surface area (Å²) in [6.45, 7) is 0. The third kappa shape index (κ3) is 3.78. The number of benzene rings is 8. The Hall–Kier alpha value is -6.12. The van der Waals surface area contributed by atoms with Gasteiger partial charge < -0.3 is 9.15 Å². The maximum Gasteiger partial charge on any atom is 0.136 e. The monoisotopic (exact) mass is 718 g/mol. The molecule has 8 aromatic carbocycles. The molecule has 0 N–H and O–H groups in total. The average molecular weight is 719 g/mol. The predicted octanol–water partition coefficient (Wildman–Crippen LogP) is 14.7. The highest BCUT2D eigenvalue weighted by Gasteiger charge is 2.61. The molecule has 0 saturated heterocycles. The fourth-order valence-corrected chi connectivity index (χ4v) is 13.1. The second-order valence-corrected chi connectivity index (χ2v) is 17.6. The van der Waals surface area contributed by atoms with Gasteiger partial charge in [0, 0.05) is 27.1 Å². The van der Waals surface area contributed by atoms with Crippen LogP contribution in [0.4, 0.5) is 0 Å². The van der Waals surface area contributed by atoms with Gasteiger partial charge in [-0.3, -0.25) is 0 Å². The minimum atomic E-state index is 0.157. The number of furan rings is 1. The first-order valence-electron chi connectivity index (χ1n) is 20.7. The molecular formula is C54H38O2. The van der Waals surface area contributed by atoms with Crippen LogP contribution in [0.25, 0.3) is 88.0 Å². The lowest BCUT2D eigenvalue weighted by atomic mass is 9.43. The lowest BCUT2D eigenvalue weighted by Gasteiger charge is -2.61. The SMILES string of the molecule is c1ccc2c(c1)-c1ccc(-c3ccc4c(c3)-c3cccc5c(-c6cccc7oc8cc9ccccc9cc8c67)ccc(c35)O4)cc1C21C2CC3CC(C2)CC1C3. The molecule has 0 amide bonds. The summed E-state index contributed by atoms with van der Waals surface area (Å²) in [7, 11) is 0. The Bertz CT molecular complexity index is 3170. The summed E-state index contributed by atoms with van der Waals surface area (Å²) in [5, 5.41) is 7.07. The van der Waals surface area contributed by atoms with E-state index < -0.39 is 0 Å². The van der Waals surface area contributed by atoms with Crippen LogP contribution in [0.15, 0.2) is 150 Å². The van der Waals surface area contributed by atoms with Crippen molar-refractivity contribution >= 4 is 43.5 Å². The summed E-state index contributed by atoms with van der Waals surface area (Å²) >= 11 is 0. The number of hydrogen-bond donors (Lipinski definition) is 0. The smallest absolute Gasteiger partial charge is 0.136 e. The molecule has 0 unspecified atom stereocenters. The number of rotatable bonds is 2. The van der Waals surface area contributed by atoms with Crippen molar-refractivity contribution < 1.29 is 9.15 Å². The minimum Gasteiger partial charge on any atom is -0.456 e. The Morgan fingerprint density at radius 1 is 0.411 bits per heavy atom. The van der Waals surface area contributed by atoms with Gasteiger partial charge in [-0.05, 0) is 164 Å². The molecule has 9 aromatic rings. The molecule has 1 spiro atoms. The van der Waals surface area contributed by atoms with Crippen LogP contribution in [-0.2, 0) is 5.41 Å². The fraction of sp³-hybridized carbons (Fsp3) is 0.185. The molecule has 1 aliphatic heterocycles. The van der Waals surface area contributed by atoms with Gasteiger partial charge in [-0.1, -0.05) is 103 Å². The Morgan fingerprint density at radius 2 is 1.07 bits per heavy atom. The predicted molar refractivity (Wildman–Crippen MR) is 228 cm³/mol. The first-order valence-corrected chi connectivity index (χ1v) is 20.7. The van der Waals surface area contributed by atoms with Gasteiger partial charge >= 0.3 is 0 Å². The van der Waals surface area contributed by atoms with Crippen molar-refractivity contribution in [3.05, 3.63) is 157 Å². The van der Waals surface area contributed by atoms with Gasteiger partial charge in [-0.15, -0.1) is 0 Å². The summed E-state index contributed by atoms with van der Waals surface area (Å²) in [4.78, 5) is 0. The molecule has 4 bridgehead atoms. The van der Waals surface area contributed by atoms with Crippen molar-refractivity contribution in [3.63, 3.8) is 0 Å². The zero-order valence-corrected chi connectivity index (χ0v) is 31.0. The molecule has 5 aliphatic carbocycles. The fourth-order valence-electron chi connectivity index (χ4n) is 13.1. The van der Waals surface area contributed by atoms with Crippen LogP contribution in [0, 0.1) is 23.7 Å². The lowest BCUT2D eigenvalue weighted by Crippen LogP contribution is -2.55. The highest BCUT2D eigenvalue weighted by molar-refractivity contribution is 6.19. The third-order valence-corrected chi connectivity index (χ3v) is 15.0. The molecule has 56 heavy (non-hydrogen) atoms. The third-order valence-electron chi connectivity index (χ3n) is 15.0. The highest BCUT2D eigenvalue weighted by atomic mass is 16.5. The van der Waals surface area contributed by atoms with Crippen LogP contribution in [0.2, 0.25) is 0 Å². The molecular weight excluding hydrogens is 681 g/mol. The summed E-state index contributed by atoms with van der Waals surface area (Å²) in [6, 6.07) is 54.3. The maximum atomic E-state index is 6.77. The molecule has 1 aromatic heterocycles. The summed E-state index contributed by atoms with van der Waals surface area (Å²) in [5.41, 5.74) is 15.5. The highest BCUT2D eigenvalue weighted by Crippen LogP contribution is 2.69. The zero-order valence-electron chi connectivity index (χ0n) is 31.0. The molecule has 4 saturated carbocycles. The molecule has 6 aliphatic rings. The van der Waals surface area contributed by atoms with Gasteiger partial charge in [0.25, 0.3) is 0 Å². The topological polar surface area (TPSA) is 22.4 Å². The first-order chi connectivity index (χ1) is 27.7. The van der Waals surface area contributed by atoms with Crippen LogP contribution in [0.5, 0.6) is 11.5 Å². The van der Waals surface area contributed by atoms with E-state index in [0.717, 1.165) is 62.7 Å². The molecule has 4 fully saturated rings. The van der Waals surface area contributed by atoms with Gasteiger partial charge in [0.2, 0.25) is 0 Å². The Kier molecular flexibility index (Phi) is 5.70. The number of fused-ring (bicyclic) bond motifs is 9. The quantitative estimate of drug-likeness (QED) is 0.178. The van der Waals surface area contributed by atoms with Crippen molar-refractivity contribution in [1.82, 2.24) is 0 Å². The van der Waals surface area contributed by atoms with Crippen molar-refractivity contribution in [2.24, 2.45) is 23.7 Å². The molecule has 2 heteroatoms. The van der Waals surface area contributed by atoms with Gasteiger partial charge in [0.1, 0.15) is 22.7 Å². The largest absolute Gasteiger partial charge is 0.456 e. The molecule has 2 heterocycles. The normalized spacial score (nSPS) is 23.6. The molecule has 15 rings (SSSR count). The minimum absolute atomic E-state index is 0.157. The second kappa shape index (κ2) is 10.6. The molecule has 0 radical (unpaired) electrons. The summed E-state index contributed by atoms with van der Waals surface area (Å²) in [6.07, 6.45) is 7.06. The van der Waals surface area contributed by atoms with Crippen LogP contribution < -0.4 is 4.74 Å². The van der Waals surface area contributed by atoms with Crippen molar-refractivity contribution in [1.29, 1.82) is 0 Å². The first kappa shape index (κ1) is 30.1.